The fourth-order valence-electron chi connectivity index (χ4n) is 0. The Kier molecular flexibility index (Phi) is 18.7. The van der Waals surface area contributed by atoms with E-state index in [2.05, 4.69) is 0 Å². The summed E-state index contributed by atoms with van der Waals surface area (Å²) in [7, 11) is -4.64. The van der Waals surface area contributed by atoms with Gasteiger partial charge in [-0.05, 0) is 0 Å². The molecule has 8 heavy (non-hydrogen) atoms. The molecule has 0 amide bonds. The Morgan fingerprint density at radius 3 is 1.12 bits per heavy atom. The molecule has 0 rings (SSSR count). The van der Waals surface area contributed by atoms with Crippen LogP contribution in [0, 0.1) is 0 Å². The molecule has 0 saturated heterocycles. The summed E-state index contributed by atoms with van der Waals surface area (Å²) in [5.74, 6) is 0. The van der Waals surface area contributed by atoms with Crippen LogP contribution in [-0.4, -0.2) is 52.4 Å². The fourth-order valence-corrected chi connectivity index (χ4v) is 0. The predicted molar refractivity (Wildman–Crippen MR) is 23.5 cm³/mol. The Morgan fingerprint density at radius 2 is 1.12 bits per heavy atom. The van der Waals surface area contributed by atoms with Gasteiger partial charge >= 0.3 is 73.1 Å². The average molecular weight is 247 g/mol. The molecule has 0 aromatic heterocycles. The van der Waals surface area contributed by atoms with Gasteiger partial charge < -0.3 is 14.7 Å². The Hall–Kier alpha value is 2.05. The maximum absolute atomic E-state index is 8.88. The van der Waals surface area contributed by atoms with Crippen LogP contribution in [0.5, 0.6) is 0 Å². The number of phosphoric acid groups is 1. The van der Waals surface area contributed by atoms with E-state index in [1.165, 1.54) is 0 Å². The van der Waals surface area contributed by atoms with Gasteiger partial charge in [0.1, 0.15) is 0 Å². The van der Waals surface area contributed by atoms with Crippen molar-refractivity contribution in [2.24, 2.45) is 0 Å². The van der Waals surface area contributed by atoms with E-state index in [9.17, 15) is 0 Å². The Labute approximate surface area is 91.0 Å². The van der Waals surface area contributed by atoms with E-state index in [1.54, 1.807) is 0 Å². The summed E-state index contributed by atoms with van der Waals surface area (Å²) >= 11 is 0.300. The summed E-state index contributed by atoms with van der Waals surface area (Å²) in [6.07, 6.45) is 0. The third-order valence-electron chi connectivity index (χ3n) is 0. The van der Waals surface area contributed by atoms with E-state index < -0.39 is 7.82 Å². The zero-order valence-corrected chi connectivity index (χ0v) is 6.46. The van der Waals surface area contributed by atoms with Crippen LogP contribution in [0.1, 0.15) is 0 Å². The molecular weight excluding hydrogens is 242 g/mol. The Morgan fingerprint density at radius 1 is 1.12 bits per heavy atom. The van der Waals surface area contributed by atoms with Gasteiger partial charge in [-0.15, -0.1) is 0 Å². The molecule has 0 aromatic rings. The zero-order valence-electron chi connectivity index (χ0n) is 3.11. The van der Waals surface area contributed by atoms with Crippen molar-refractivity contribution in [2.75, 3.05) is 0 Å². The second-order valence-corrected chi connectivity index (χ2v) is 1.54. The van der Waals surface area contributed by atoms with Crippen molar-refractivity contribution in [2.45, 2.75) is 0 Å². The first kappa shape index (κ1) is 16.6. The molecule has 0 aliphatic carbocycles. The molecule has 46 valence electrons. The van der Waals surface area contributed by atoms with Gasteiger partial charge in [-0.25, -0.2) is 4.57 Å². The van der Waals surface area contributed by atoms with E-state index in [1.807, 2.05) is 0 Å². The van der Waals surface area contributed by atoms with Crippen LogP contribution >= 0.6 is 7.82 Å². The molecule has 3 N–H and O–H groups in total. The third kappa shape index (κ3) is 95.1. The predicted octanol–water partition coefficient (Wildman–Crippen LogP) is -1.97. The van der Waals surface area contributed by atoms with Crippen LogP contribution in [0.25, 0.3) is 0 Å². The molecule has 0 heterocycles. The summed E-state index contributed by atoms with van der Waals surface area (Å²) in [5.41, 5.74) is 0. The van der Waals surface area contributed by atoms with Gasteiger partial charge in [0.15, 0.2) is 0 Å². The molecule has 5 nitrogen and oxygen atoms in total. The first-order valence-corrected chi connectivity index (χ1v) is 3.56. The Balaban J connectivity index is -0.0000000750. The fraction of sp³-hybridized carbons (Fsp3) is 0. The maximum atomic E-state index is 8.88. The van der Waals surface area contributed by atoms with Gasteiger partial charge in [0.2, 0.25) is 0 Å². The van der Waals surface area contributed by atoms with Gasteiger partial charge in [-0.3, -0.25) is 0 Å². The minimum atomic E-state index is -4.64. The van der Waals surface area contributed by atoms with E-state index in [4.69, 9.17) is 22.1 Å². The van der Waals surface area contributed by atoms with E-state index in [0.717, 1.165) is 0 Å². The molecule has 0 spiro atoms. The molecule has 0 atom stereocenters. The molecular formula is H5CaO5PZr. The van der Waals surface area contributed by atoms with Crippen LogP contribution in [0.3, 0.4) is 0 Å². The average Bonchev–Trinajstić information content (AvgIpc) is 1.36. The van der Waals surface area contributed by atoms with Crippen molar-refractivity contribution < 1.29 is 46.8 Å². The third-order valence-corrected chi connectivity index (χ3v) is 0. The number of rotatable bonds is 0. The molecule has 0 fully saturated rings. The number of hydrogen-bond acceptors (Lipinski definition) is 2. The standard InChI is InChI=1S/Ca.H3O4P.O.Zr.2H/c;1-5(2,3)4;;;;/h;(H3,1,2,3,4);;;;. The first-order valence-electron chi connectivity index (χ1n) is 0.987. The zero-order chi connectivity index (χ0) is 6.50. The number of hydrogen-bond donors (Lipinski definition) is 3. The van der Waals surface area contributed by atoms with Crippen molar-refractivity contribution in [1.29, 1.82) is 0 Å². The molecule has 0 aliphatic rings. The SMILES string of the molecule is O=P(O)(O)O.[CaH2].[O]=[Zr]. The second kappa shape index (κ2) is 9.05. The Bertz CT molecular complexity index is 68.2. The molecule has 0 unspecified atom stereocenters. The molecule has 0 radical (unpaired) electrons. The molecule has 0 saturated carbocycles. The van der Waals surface area contributed by atoms with Crippen LogP contribution in [0.4, 0.5) is 0 Å². The molecule has 8 heteroatoms. The minimum absolute atomic E-state index is 0. The van der Waals surface area contributed by atoms with Crippen molar-refractivity contribution >= 4 is 45.6 Å². The summed E-state index contributed by atoms with van der Waals surface area (Å²) in [4.78, 5) is 21.6. The van der Waals surface area contributed by atoms with E-state index in [-0.39, 0.29) is 37.7 Å². The van der Waals surface area contributed by atoms with Crippen molar-refractivity contribution in [1.82, 2.24) is 0 Å². The second-order valence-electron chi connectivity index (χ2n) is 0.513. The topological polar surface area (TPSA) is 94.8 Å². The van der Waals surface area contributed by atoms with E-state index >= 15 is 0 Å². The van der Waals surface area contributed by atoms with Gasteiger partial charge in [0, 0.05) is 0 Å². The van der Waals surface area contributed by atoms with Crippen LogP contribution in [0.2, 0.25) is 0 Å². The van der Waals surface area contributed by atoms with E-state index in [0.29, 0.717) is 24.7 Å². The molecule has 0 aliphatic heterocycles. The summed E-state index contributed by atoms with van der Waals surface area (Å²) in [6, 6.07) is 0. The van der Waals surface area contributed by atoms with Crippen molar-refractivity contribution in [3.05, 3.63) is 0 Å². The van der Waals surface area contributed by atoms with Crippen molar-refractivity contribution in [3.8, 4) is 0 Å². The first-order chi connectivity index (χ1) is 3.00. The molecule has 0 aromatic carbocycles. The van der Waals surface area contributed by atoms with Crippen molar-refractivity contribution in [3.63, 3.8) is 0 Å². The van der Waals surface area contributed by atoms with Gasteiger partial charge in [0.25, 0.3) is 0 Å². The monoisotopic (exact) mass is 246 g/mol. The summed E-state index contributed by atoms with van der Waals surface area (Å²) < 4.78 is 17.2. The van der Waals surface area contributed by atoms with Gasteiger partial charge in [-0.2, -0.15) is 0 Å². The molecule has 0 bridgehead atoms. The normalized spacial score (nSPS) is 7.75. The summed E-state index contributed by atoms with van der Waals surface area (Å²) in [5, 5.41) is 0. The quantitative estimate of drug-likeness (QED) is 0.341. The van der Waals surface area contributed by atoms with Gasteiger partial charge in [-0.1, -0.05) is 0 Å². The van der Waals surface area contributed by atoms with Crippen LogP contribution in [0.15, 0.2) is 0 Å². The van der Waals surface area contributed by atoms with Crippen LogP contribution in [-0.2, 0) is 32.1 Å². The van der Waals surface area contributed by atoms with Crippen LogP contribution < -0.4 is 0 Å². The summed E-state index contributed by atoms with van der Waals surface area (Å²) in [6.45, 7) is 0. The van der Waals surface area contributed by atoms with Gasteiger partial charge in [0.05, 0.1) is 0 Å².